The highest BCUT2D eigenvalue weighted by molar-refractivity contribution is 7.13. The van der Waals surface area contributed by atoms with Crippen molar-refractivity contribution < 1.29 is 4.79 Å². The van der Waals surface area contributed by atoms with E-state index in [1.807, 2.05) is 11.6 Å². The number of aromatic nitrogens is 1. The largest absolute Gasteiger partial charge is 0.352 e. The van der Waals surface area contributed by atoms with Gasteiger partial charge in [0.1, 0.15) is 0 Å². The molecule has 3 heterocycles. The van der Waals surface area contributed by atoms with E-state index in [0.29, 0.717) is 6.42 Å². The summed E-state index contributed by atoms with van der Waals surface area (Å²) in [5, 5.41) is 8.29. The molecule has 6 heteroatoms. The maximum absolute atomic E-state index is 12.1. The number of thiophene rings is 1. The van der Waals surface area contributed by atoms with Crippen molar-refractivity contribution in [2.45, 2.75) is 32.2 Å². The zero-order valence-electron chi connectivity index (χ0n) is 12.0. The minimum Gasteiger partial charge on any atom is -0.352 e. The van der Waals surface area contributed by atoms with Gasteiger partial charge in [0.05, 0.1) is 0 Å². The highest BCUT2D eigenvalue weighted by atomic mass is 32.1. The van der Waals surface area contributed by atoms with Crippen LogP contribution in [0.25, 0.3) is 0 Å². The molecule has 1 fully saturated rings. The quantitative estimate of drug-likeness (QED) is 0.921. The maximum Gasteiger partial charge on any atom is 0.220 e. The first-order chi connectivity index (χ1) is 10.2. The second-order valence-corrected chi connectivity index (χ2v) is 7.21. The molecule has 4 nitrogen and oxygen atoms in total. The molecule has 0 spiro atoms. The third-order valence-corrected chi connectivity index (χ3v) is 5.71. The Labute approximate surface area is 132 Å². The molecule has 3 rings (SSSR count). The van der Waals surface area contributed by atoms with Gasteiger partial charge in [0.25, 0.3) is 0 Å². The number of rotatable bonds is 5. The summed E-state index contributed by atoms with van der Waals surface area (Å²) in [5.41, 5.74) is 1.30. The van der Waals surface area contributed by atoms with Crippen LogP contribution in [0.3, 0.4) is 0 Å². The van der Waals surface area contributed by atoms with Gasteiger partial charge in [-0.1, -0.05) is 0 Å². The van der Waals surface area contributed by atoms with Crippen LogP contribution in [0.1, 0.15) is 23.3 Å². The molecule has 0 saturated carbocycles. The predicted octanol–water partition coefficient (Wildman–Crippen LogP) is 2.84. The monoisotopic (exact) mass is 321 g/mol. The fourth-order valence-corrected chi connectivity index (χ4v) is 4.20. The number of anilines is 1. The molecule has 1 atom stereocenters. The standard InChI is InChI=1S/C15H19N3OS2/c1-11-5-8-20-13(11)2-3-14(19)17-12-4-7-18(10-12)15-16-6-9-21-15/h5-6,8-9,12H,2-4,7,10H2,1H3,(H,17,19)/t12-/m0/s1. The number of amides is 1. The van der Waals surface area contributed by atoms with E-state index in [1.54, 1.807) is 22.7 Å². The summed E-state index contributed by atoms with van der Waals surface area (Å²) >= 11 is 3.39. The summed E-state index contributed by atoms with van der Waals surface area (Å²) in [5.74, 6) is 0.161. The van der Waals surface area contributed by atoms with Crippen LogP contribution >= 0.6 is 22.7 Å². The van der Waals surface area contributed by atoms with Crippen LogP contribution in [0.15, 0.2) is 23.0 Å². The minimum absolute atomic E-state index is 0.161. The zero-order valence-corrected chi connectivity index (χ0v) is 13.7. The van der Waals surface area contributed by atoms with Crippen molar-refractivity contribution in [2.24, 2.45) is 0 Å². The van der Waals surface area contributed by atoms with Crippen molar-refractivity contribution in [3.05, 3.63) is 33.5 Å². The summed E-state index contributed by atoms with van der Waals surface area (Å²) in [6.45, 7) is 3.95. The van der Waals surface area contributed by atoms with E-state index in [1.165, 1.54) is 10.4 Å². The summed E-state index contributed by atoms with van der Waals surface area (Å²) in [4.78, 5) is 20.0. The second kappa shape index (κ2) is 6.58. The fourth-order valence-electron chi connectivity index (χ4n) is 2.61. The molecule has 2 aromatic heterocycles. The van der Waals surface area contributed by atoms with Gasteiger partial charge in [-0.2, -0.15) is 0 Å². The van der Waals surface area contributed by atoms with Gasteiger partial charge in [-0.05, 0) is 36.8 Å². The van der Waals surface area contributed by atoms with Gasteiger partial charge in [0.15, 0.2) is 5.13 Å². The number of hydrogen-bond donors (Lipinski definition) is 1. The molecule has 1 aliphatic heterocycles. The second-order valence-electron chi connectivity index (χ2n) is 5.34. The number of thiazole rings is 1. The van der Waals surface area contributed by atoms with Crippen molar-refractivity contribution in [2.75, 3.05) is 18.0 Å². The lowest BCUT2D eigenvalue weighted by Crippen LogP contribution is -2.37. The van der Waals surface area contributed by atoms with Crippen molar-refractivity contribution in [3.63, 3.8) is 0 Å². The van der Waals surface area contributed by atoms with Crippen molar-refractivity contribution in [3.8, 4) is 0 Å². The molecule has 21 heavy (non-hydrogen) atoms. The van der Waals surface area contributed by atoms with Gasteiger partial charge in [-0.3, -0.25) is 4.79 Å². The van der Waals surface area contributed by atoms with E-state index in [2.05, 4.69) is 33.6 Å². The first kappa shape index (κ1) is 14.5. The first-order valence-electron chi connectivity index (χ1n) is 7.19. The lowest BCUT2D eigenvalue weighted by molar-refractivity contribution is -0.121. The van der Waals surface area contributed by atoms with Crippen molar-refractivity contribution in [1.29, 1.82) is 0 Å². The molecule has 0 aromatic carbocycles. The molecule has 0 radical (unpaired) electrons. The highest BCUT2D eigenvalue weighted by Gasteiger charge is 2.25. The highest BCUT2D eigenvalue weighted by Crippen LogP contribution is 2.22. The number of nitrogens with zero attached hydrogens (tertiary/aromatic N) is 2. The average Bonchev–Trinajstić information content (AvgIpc) is 3.17. The Morgan fingerprint density at radius 3 is 3.10 bits per heavy atom. The molecule has 1 aliphatic rings. The molecule has 0 aliphatic carbocycles. The SMILES string of the molecule is Cc1ccsc1CCC(=O)N[C@H]1CCN(c2nccs2)C1. The van der Waals surface area contributed by atoms with Crippen LogP contribution in [0.4, 0.5) is 5.13 Å². The molecule has 2 aromatic rings. The van der Waals surface area contributed by atoms with Crippen LogP contribution in [-0.4, -0.2) is 30.0 Å². The van der Waals surface area contributed by atoms with E-state index in [4.69, 9.17) is 0 Å². The molecule has 1 amide bonds. The topological polar surface area (TPSA) is 45.2 Å². The van der Waals surface area contributed by atoms with E-state index in [9.17, 15) is 4.79 Å². The maximum atomic E-state index is 12.1. The van der Waals surface area contributed by atoms with Gasteiger partial charge < -0.3 is 10.2 Å². The fraction of sp³-hybridized carbons (Fsp3) is 0.467. The van der Waals surface area contributed by atoms with Gasteiger partial charge in [0, 0.05) is 42.0 Å². The number of carbonyl (C=O) groups excluding carboxylic acids is 1. The van der Waals surface area contributed by atoms with Crippen LogP contribution in [-0.2, 0) is 11.2 Å². The van der Waals surface area contributed by atoms with Gasteiger partial charge in [-0.15, -0.1) is 22.7 Å². The molecule has 1 N–H and O–H groups in total. The number of aryl methyl sites for hydroxylation is 2. The Morgan fingerprint density at radius 1 is 1.48 bits per heavy atom. The molecular weight excluding hydrogens is 302 g/mol. The Balaban J connectivity index is 1.44. The summed E-state index contributed by atoms with van der Waals surface area (Å²) in [6, 6.07) is 2.37. The molecule has 0 unspecified atom stereocenters. The smallest absolute Gasteiger partial charge is 0.220 e. The van der Waals surface area contributed by atoms with Gasteiger partial charge in [-0.25, -0.2) is 4.98 Å². The van der Waals surface area contributed by atoms with Crippen LogP contribution in [0, 0.1) is 6.92 Å². The lowest BCUT2D eigenvalue weighted by atomic mass is 10.2. The summed E-state index contributed by atoms with van der Waals surface area (Å²) in [6.07, 6.45) is 4.26. The van der Waals surface area contributed by atoms with Crippen molar-refractivity contribution >= 4 is 33.7 Å². The van der Waals surface area contributed by atoms with Crippen LogP contribution in [0.5, 0.6) is 0 Å². The number of nitrogens with one attached hydrogen (secondary N) is 1. The average molecular weight is 321 g/mol. The normalized spacial score (nSPS) is 18.1. The van der Waals surface area contributed by atoms with Crippen LogP contribution in [0.2, 0.25) is 0 Å². The molecule has 112 valence electrons. The molecule has 0 bridgehead atoms. The molecule has 1 saturated heterocycles. The van der Waals surface area contributed by atoms with E-state index < -0.39 is 0 Å². The van der Waals surface area contributed by atoms with E-state index >= 15 is 0 Å². The zero-order chi connectivity index (χ0) is 14.7. The van der Waals surface area contributed by atoms with Crippen molar-refractivity contribution in [1.82, 2.24) is 10.3 Å². The Morgan fingerprint density at radius 2 is 2.38 bits per heavy atom. The third kappa shape index (κ3) is 3.63. The predicted molar refractivity (Wildman–Crippen MR) is 88.3 cm³/mol. The first-order valence-corrected chi connectivity index (χ1v) is 8.95. The lowest BCUT2D eigenvalue weighted by Gasteiger charge is -2.15. The van der Waals surface area contributed by atoms with E-state index in [0.717, 1.165) is 31.1 Å². The summed E-state index contributed by atoms with van der Waals surface area (Å²) < 4.78 is 0. The van der Waals surface area contributed by atoms with E-state index in [-0.39, 0.29) is 11.9 Å². The Kier molecular flexibility index (Phi) is 4.55. The summed E-state index contributed by atoms with van der Waals surface area (Å²) in [7, 11) is 0. The van der Waals surface area contributed by atoms with Gasteiger partial charge >= 0.3 is 0 Å². The third-order valence-electron chi connectivity index (χ3n) is 3.79. The van der Waals surface area contributed by atoms with Crippen LogP contribution < -0.4 is 10.2 Å². The van der Waals surface area contributed by atoms with Gasteiger partial charge in [0.2, 0.25) is 5.91 Å². The number of hydrogen-bond acceptors (Lipinski definition) is 5. The molecular formula is C15H19N3OS2. The Bertz CT molecular complexity index is 594. The minimum atomic E-state index is 0.161. The number of carbonyl (C=O) groups is 1. The Hall–Kier alpha value is -1.40.